The second-order valence-electron chi connectivity index (χ2n) is 1.64. The van der Waals surface area contributed by atoms with E-state index >= 15 is 0 Å². The Kier molecular flexibility index (Phi) is 3.71. The van der Waals surface area contributed by atoms with E-state index in [9.17, 15) is 0 Å². The molecule has 1 radical (unpaired) electrons. The second-order valence-corrected chi connectivity index (χ2v) is 1.64. The lowest BCUT2D eigenvalue weighted by Gasteiger charge is -1.99. The highest BCUT2D eigenvalue weighted by molar-refractivity contribution is 4.78. The molecule has 1 unspecified atom stereocenters. The summed E-state index contributed by atoms with van der Waals surface area (Å²) in [7, 11) is 0. The zero-order chi connectivity index (χ0) is 5.70. The van der Waals surface area contributed by atoms with Crippen LogP contribution in [0.2, 0.25) is 0 Å². The molecule has 0 aliphatic heterocycles. The molecular formula is C6H12N. The Morgan fingerprint density at radius 2 is 2.43 bits per heavy atom. The van der Waals surface area contributed by atoms with Crippen LogP contribution in [-0.2, 0) is 0 Å². The minimum Gasteiger partial charge on any atom is -0.324 e. The molecule has 7 heavy (non-hydrogen) atoms. The van der Waals surface area contributed by atoms with Crippen LogP contribution in [0.3, 0.4) is 0 Å². The standard InChI is InChI=1S/C6H12N/c1-3-5-6(7)4-2/h2,4,6H,3,5,7H2,1H3. The highest BCUT2D eigenvalue weighted by Crippen LogP contribution is 1.91. The summed E-state index contributed by atoms with van der Waals surface area (Å²) < 4.78 is 0. The van der Waals surface area contributed by atoms with Crippen molar-refractivity contribution in [2.24, 2.45) is 5.73 Å². The van der Waals surface area contributed by atoms with Gasteiger partial charge in [0.2, 0.25) is 0 Å². The average Bonchev–Trinajstić information content (AvgIpc) is 1.68. The van der Waals surface area contributed by atoms with Crippen molar-refractivity contribution in [3.8, 4) is 0 Å². The molecule has 0 rings (SSSR count). The molecule has 0 spiro atoms. The van der Waals surface area contributed by atoms with Gasteiger partial charge < -0.3 is 5.73 Å². The minimum atomic E-state index is 0.102. The smallest absolute Gasteiger partial charge is 0.0226 e. The molecule has 41 valence electrons. The van der Waals surface area contributed by atoms with Gasteiger partial charge in [0.25, 0.3) is 0 Å². The molecule has 0 aromatic rings. The van der Waals surface area contributed by atoms with Crippen LogP contribution in [0, 0.1) is 6.58 Å². The van der Waals surface area contributed by atoms with Crippen LogP contribution >= 0.6 is 0 Å². The lowest BCUT2D eigenvalue weighted by atomic mass is 10.2. The molecule has 1 nitrogen and oxygen atoms in total. The molecule has 2 N–H and O–H groups in total. The summed E-state index contributed by atoms with van der Waals surface area (Å²) in [5, 5.41) is 0. The van der Waals surface area contributed by atoms with Crippen LogP contribution in [0.25, 0.3) is 0 Å². The Hall–Kier alpha value is -0.300. The van der Waals surface area contributed by atoms with Crippen LogP contribution < -0.4 is 5.73 Å². The summed E-state index contributed by atoms with van der Waals surface area (Å²) in [6.07, 6.45) is 3.63. The van der Waals surface area contributed by atoms with Gasteiger partial charge in [0.05, 0.1) is 0 Å². The van der Waals surface area contributed by atoms with Gasteiger partial charge in [-0.25, -0.2) is 0 Å². The Morgan fingerprint density at radius 1 is 1.86 bits per heavy atom. The third-order valence-corrected chi connectivity index (χ3v) is 0.869. The number of rotatable bonds is 3. The first-order valence-corrected chi connectivity index (χ1v) is 2.62. The summed E-state index contributed by atoms with van der Waals surface area (Å²) in [5.74, 6) is 0. The predicted molar refractivity (Wildman–Crippen MR) is 31.8 cm³/mol. The molecule has 1 heteroatoms. The van der Waals surface area contributed by atoms with Gasteiger partial charge in [-0.05, 0) is 6.42 Å². The van der Waals surface area contributed by atoms with Gasteiger partial charge in [0, 0.05) is 6.04 Å². The third kappa shape index (κ3) is 3.53. The van der Waals surface area contributed by atoms with Crippen molar-refractivity contribution in [1.82, 2.24) is 0 Å². The number of hydrogen-bond acceptors (Lipinski definition) is 1. The van der Waals surface area contributed by atoms with Gasteiger partial charge in [0.15, 0.2) is 0 Å². The van der Waals surface area contributed by atoms with Crippen molar-refractivity contribution in [2.45, 2.75) is 25.8 Å². The van der Waals surface area contributed by atoms with Crippen LogP contribution in [0.5, 0.6) is 0 Å². The van der Waals surface area contributed by atoms with E-state index in [0.717, 1.165) is 12.8 Å². The molecule has 0 aliphatic carbocycles. The fourth-order valence-electron chi connectivity index (χ4n) is 0.430. The van der Waals surface area contributed by atoms with E-state index in [4.69, 9.17) is 12.3 Å². The van der Waals surface area contributed by atoms with Gasteiger partial charge >= 0.3 is 0 Å². The normalized spacial score (nSPS) is 13.4. The third-order valence-electron chi connectivity index (χ3n) is 0.869. The molecule has 0 bridgehead atoms. The Morgan fingerprint density at radius 3 is 2.57 bits per heavy atom. The Balaban J connectivity index is 2.98. The number of nitrogens with two attached hydrogens (primary N) is 1. The number of hydrogen-bond donors (Lipinski definition) is 1. The van der Waals surface area contributed by atoms with Crippen LogP contribution in [0.1, 0.15) is 19.8 Å². The molecule has 0 saturated heterocycles. The van der Waals surface area contributed by atoms with E-state index < -0.39 is 0 Å². The molecule has 0 amide bonds. The van der Waals surface area contributed by atoms with E-state index in [1.165, 1.54) is 6.08 Å². The lowest BCUT2D eigenvalue weighted by molar-refractivity contribution is 0.704. The largest absolute Gasteiger partial charge is 0.324 e. The van der Waals surface area contributed by atoms with E-state index in [2.05, 4.69) is 6.92 Å². The van der Waals surface area contributed by atoms with Gasteiger partial charge in [-0.15, -0.1) is 0 Å². The maximum absolute atomic E-state index is 5.40. The molecule has 0 aromatic heterocycles. The fraction of sp³-hybridized carbons (Fsp3) is 0.667. The summed E-state index contributed by atoms with van der Waals surface area (Å²) >= 11 is 0. The van der Waals surface area contributed by atoms with Gasteiger partial charge in [-0.3, -0.25) is 0 Å². The molecule has 1 atom stereocenters. The Bertz CT molecular complexity index is 50.1. The van der Waals surface area contributed by atoms with Crippen molar-refractivity contribution >= 4 is 0 Å². The van der Waals surface area contributed by atoms with Crippen LogP contribution in [0.4, 0.5) is 0 Å². The fourth-order valence-corrected chi connectivity index (χ4v) is 0.430. The van der Waals surface area contributed by atoms with Crippen molar-refractivity contribution < 1.29 is 0 Å². The molecule has 0 heterocycles. The maximum Gasteiger partial charge on any atom is 0.0226 e. The van der Waals surface area contributed by atoms with E-state index in [1.807, 2.05) is 0 Å². The molecule has 0 aromatic carbocycles. The zero-order valence-corrected chi connectivity index (χ0v) is 4.72. The monoisotopic (exact) mass is 98.1 g/mol. The van der Waals surface area contributed by atoms with E-state index in [0.29, 0.717) is 0 Å². The first kappa shape index (κ1) is 6.70. The summed E-state index contributed by atoms with van der Waals surface area (Å²) in [6.45, 7) is 7.19. The molecular weight excluding hydrogens is 86.1 g/mol. The van der Waals surface area contributed by atoms with E-state index in [-0.39, 0.29) is 6.04 Å². The summed E-state index contributed by atoms with van der Waals surface area (Å²) in [6, 6.07) is 0.102. The average molecular weight is 98.2 g/mol. The highest BCUT2D eigenvalue weighted by Gasteiger charge is 1.89. The summed E-state index contributed by atoms with van der Waals surface area (Å²) in [5.41, 5.74) is 5.40. The quantitative estimate of drug-likeness (QED) is 0.562. The van der Waals surface area contributed by atoms with Crippen molar-refractivity contribution in [3.05, 3.63) is 12.7 Å². The minimum absolute atomic E-state index is 0.102. The second kappa shape index (κ2) is 3.88. The first-order chi connectivity index (χ1) is 3.31. The molecule has 0 aliphatic rings. The van der Waals surface area contributed by atoms with E-state index in [1.54, 1.807) is 0 Å². The first-order valence-electron chi connectivity index (χ1n) is 2.62. The maximum atomic E-state index is 5.40. The van der Waals surface area contributed by atoms with Crippen molar-refractivity contribution in [3.63, 3.8) is 0 Å². The summed E-state index contributed by atoms with van der Waals surface area (Å²) in [4.78, 5) is 0. The predicted octanol–water partition coefficient (Wildman–Crippen LogP) is 1.10. The van der Waals surface area contributed by atoms with Crippen LogP contribution in [0.15, 0.2) is 6.08 Å². The van der Waals surface area contributed by atoms with Gasteiger partial charge in [-0.2, -0.15) is 0 Å². The van der Waals surface area contributed by atoms with Crippen molar-refractivity contribution in [2.75, 3.05) is 0 Å². The van der Waals surface area contributed by atoms with Crippen LogP contribution in [-0.4, -0.2) is 6.04 Å². The SMILES string of the molecule is [CH]=CC(N)CCC. The lowest BCUT2D eigenvalue weighted by Crippen LogP contribution is -2.14. The highest BCUT2D eigenvalue weighted by atomic mass is 14.6. The molecule has 0 fully saturated rings. The van der Waals surface area contributed by atoms with Gasteiger partial charge in [0.1, 0.15) is 0 Å². The Labute approximate surface area is 45.2 Å². The van der Waals surface area contributed by atoms with Crippen molar-refractivity contribution in [1.29, 1.82) is 0 Å². The zero-order valence-electron chi connectivity index (χ0n) is 4.72. The molecule has 0 saturated carbocycles. The topological polar surface area (TPSA) is 26.0 Å². The van der Waals surface area contributed by atoms with Gasteiger partial charge in [-0.1, -0.05) is 26.0 Å².